The van der Waals surface area contributed by atoms with Crippen LogP contribution in [-0.2, 0) is 14.3 Å². The highest BCUT2D eigenvalue weighted by molar-refractivity contribution is 8.02. The number of benzene rings is 2. The topological polar surface area (TPSA) is 67.9 Å². The summed E-state index contributed by atoms with van der Waals surface area (Å²) < 4.78 is 10.7. The average molecular weight is 419 g/mol. The molecule has 1 N–H and O–H groups in total. The quantitative estimate of drug-likeness (QED) is 0.720. The van der Waals surface area contributed by atoms with Crippen LogP contribution >= 0.6 is 23.4 Å². The number of amides is 2. The Morgan fingerprint density at radius 1 is 1.25 bits per heavy atom. The molecule has 1 atom stereocenters. The molecule has 2 amide bonds. The molecule has 2 aromatic carbocycles. The summed E-state index contributed by atoms with van der Waals surface area (Å²) in [6, 6.07) is 12.8. The number of fused-ring (bicyclic) bond motifs is 3. The number of rotatable bonds is 6. The first-order valence-corrected chi connectivity index (χ1v) is 10.1. The van der Waals surface area contributed by atoms with Gasteiger partial charge in [-0.3, -0.25) is 14.5 Å². The lowest BCUT2D eigenvalue weighted by Gasteiger charge is -2.30. The number of para-hydroxylation sites is 2. The van der Waals surface area contributed by atoms with Crippen molar-refractivity contribution in [2.24, 2.45) is 0 Å². The maximum atomic E-state index is 13.4. The summed E-state index contributed by atoms with van der Waals surface area (Å²) in [6.45, 7) is 0.703. The molecule has 4 rings (SSSR count). The largest absolute Gasteiger partial charge is 0.487 e. The number of carbonyl (C=O) groups is 2. The van der Waals surface area contributed by atoms with Gasteiger partial charge in [-0.1, -0.05) is 41.6 Å². The minimum Gasteiger partial charge on any atom is -0.487 e. The molecular weight excluding hydrogens is 400 g/mol. The molecule has 2 heterocycles. The summed E-state index contributed by atoms with van der Waals surface area (Å²) in [7, 11) is 1.58. The number of ether oxygens (including phenoxy) is 2. The minimum atomic E-state index is -0.993. The van der Waals surface area contributed by atoms with E-state index in [0.29, 0.717) is 42.5 Å². The second kappa shape index (κ2) is 7.66. The SMILES string of the molecule is COCCOc1c(Cl)cccc1NC(=O)C12CCC(=O)N1c1ccccc1S2. The standard InChI is InChI=1S/C20H19ClN2O4S/c1-26-11-12-27-18-13(21)5-4-6-14(18)22-19(25)20-10-9-17(24)23(20)15-7-2-3-8-16(15)28-20/h2-8H,9-12H2,1H3,(H,22,25). The summed E-state index contributed by atoms with van der Waals surface area (Å²) in [4.78, 5) is 27.5. The molecular formula is C20H19ClN2O4S. The second-order valence-corrected chi connectivity index (χ2v) is 8.22. The number of methoxy groups -OCH3 is 1. The predicted molar refractivity (Wildman–Crippen MR) is 109 cm³/mol. The van der Waals surface area contributed by atoms with E-state index in [0.717, 1.165) is 10.6 Å². The molecule has 1 saturated heterocycles. The van der Waals surface area contributed by atoms with E-state index in [4.69, 9.17) is 21.1 Å². The van der Waals surface area contributed by atoms with E-state index in [9.17, 15) is 9.59 Å². The summed E-state index contributed by atoms with van der Waals surface area (Å²) >= 11 is 7.69. The van der Waals surface area contributed by atoms with E-state index in [1.165, 1.54) is 11.8 Å². The Hall–Kier alpha value is -2.22. The van der Waals surface area contributed by atoms with Gasteiger partial charge in [0.2, 0.25) is 5.91 Å². The Labute approximate surface area is 172 Å². The van der Waals surface area contributed by atoms with Crippen LogP contribution in [0.2, 0.25) is 5.02 Å². The van der Waals surface area contributed by atoms with Crippen molar-refractivity contribution in [1.82, 2.24) is 0 Å². The second-order valence-electron chi connectivity index (χ2n) is 6.50. The number of hydrogen-bond acceptors (Lipinski definition) is 5. The maximum Gasteiger partial charge on any atom is 0.261 e. The van der Waals surface area contributed by atoms with Crippen molar-refractivity contribution in [3.8, 4) is 5.75 Å². The van der Waals surface area contributed by atoms with Crippen LogP contribution in [0.4, 0.5) is 11.4 Å². The summed E-state index contributed by atoms with van der Waals surface area (Å²) in [6.07, 6.45) is 0.777. The lowest BCUT2D eigenvalue weighted by atomic mass is 10.1. The van der Waals surface area contributed by atoms with Crippen molar-refractivity contribution in [3.63, 3.8) is 0 Å². The molecule has 8 heteroatoms. The Kier molecular flexibility index (Phi) is 5.23. The number of halogens is 1. The van der Waals surface area contributed by atoms with E-state index in [-0.39, 0.29) is 11.8 Å². The van der Waals surface area contributed by atoms with Crippen molar-refractivity contribution >= 4 is 46.6 Å². The first kappa shape index (κ1) is 19.1. The molecule has 0 saturated carbocycles. The van der Waals surface area contributed by atoms with Crippen molar-refractivity contribution in [1.29, 1.82) is 0 Å². The van der Waals surface area contributed by atoms with Crippen molar-refractivity contribution < 1.29 is 19.1 Å². The lowest BCUT2D eigenvalue weighted by molar-refractivity contribution is -0.121. The Morgan fingerprint density at radius 2 is 2.07 bits per heavy atom. The van der Waals surface area contributed by atoms with E-state index in [1.54, 1.807) is 30.2 Å². The van der Waals surface area contributed by atoms with Gasteiger partial charge in [-0.25, -0.2) is 0 Å². The van der Waals surface area contributed by atoms with E-state index in [2.05, 4.69) is 5.32 Å². The molecule has 28 heavy (non-hydrogen) atoms. The van der Waals surface area contributed by atoms with Crippen LogP contribution in [0.15, 0.2) is 47.4 Å². The highest BCUT2D eigenvalue weighted by atomic mass is 35.5. The molecule has 0 radical (unpaired) electrons. The van der Waals surface area contributed by atoms with Crippen molar-refractivity contribution in [2.45, 2.75) is 22.6 Å². The molecule has 6 nitrogen and oxygen atoms in total. The van der Waals surface area contributed by atoms with E-state index < -0.39 is 4.87 Å². The van der Waals surface area contributed by atoms with Gasteiger partial charge in [0.25, 0.3) is 5.91 Å². The molecule has 0 spiro atoms. The Bertz CT molecular complexity index is 938. The molecule has 1 fully saturated rings. The third-order valence-corrected chi connectivity index (χ3v) is 6.55. The van der Waals surface area contributed by atoms with Crippen LogP contribution in [0.3, 0.4) is 0 Å². The lowest BCUT2D eigenvalue weighted by Crippen LogP contribution is -2.49. The smallest absolute Gasteiger partial charge is 0.261 e. The Balaban J connectivity index is 1.63. The fourth-order valence-electron chi connectivity index (χ4n) is 3.50. The zero-order chi connectivity index (χ0) is 19.7. The number of carbonyl (C=O) groups excluding carboxylic acids is 2. The first-order chi connectivity index (χ1) is 13.6. The highest BCUT2D eigenvalue weighted by Gasteiger charge is 2.57. The normalized spacial score (nSPS) is 20.1. The number of nitrogens with zero attached hydrogens (tertiary/aromatic N) is 1. The summed E-state index contributed by atoms with van der Waals surface area (Å²) in [5.41, 5.74) is 1.26. The molecule has 2 aliphatic rings. The van der Waals surface area contributed by atoms with Crippen LogP contribution in [0, 0.1) is 0 Å². The summed E-state index contributed by atoms with van der Waals surface area (Å²) in [5.74, 6) is 0.0796. The molecule has 2 aromatic rings. The molecule has 2 aliphatic heterocycles. The number of hydrogen-bond donors (Lipinski definition) is 1. The third-order valence-electron chi connectivity index (χ3n) is 4.78. The van der Waals surface area contributed by atoms with Gasteiger partial charge < -0.3 is 14.8 Å². The van der Waals surface area contributed by atoms with E-state index in [1.807, 2.05) is 24.3 Å². The van der Waals surface area contributed by atoms with Crippen LogP contribution in [0.5, 0.6) is 5.75 Å². The average Bonchev–Trinajstić information content (AvgIpc) is 3.20. The summed E-state index contributed by atoms with van der Waals surface area (Å²) in [5, 5.41) is 3.33. The van der Waals surface area contributed by atoms with Gasteiger partial charge in [0.1, 0.15) is 6.61 Å². The van der Waals surface area contributed by atoms with E-state index >= 15 is 0 Å². The fourth-order valence-corrected chi connectivity index (χ4v) is 5.14. The van der Waals surface area contributed by atoms with Gasteiger partial charge in [0, 0.05) is 18.4 Å². The van der Waals surface area contributed by atoms with Crippen molar-refractivity contribution in [3.05, 3.63) is 47.5 Å². The van der Waals surface area contributed by atoms with Crippen molar-refractivity contribution in [2.75, 3.05) is 30.5 Å². The predicted octanol–water partition coefficient (Wildman–Crippen LogP) is 3.93. The Morgan fingerprint density at radius 3 is 2.89 bits per heavy atom. The zero-order valence-electron chi connectivity index (χ0n) is 15.2. The van der Waals surface area contributed by atoms with Gasteiger partial charge in [0.15, 0.2) is 10.6 Å². The van der Waals surface area contributed by atoms with Gasteiger partial charge in [0.05, 0.1) is 23.0 Å². The fraction of sp³-hybridized carbons (Fsp3) is 0.300. The third kappa shape index (κ3) is 3.13. The van der Waals surface area contributed by atoms with Gasteiger partial charge in [-0.2, -0.15) is 0 Å². The monoisotopic (exact) mass is 418 g/mol. The molecule has 146 valence electrons. The molecule has 0 aromatic heterocycles. The number of anilines is 2. The molecule has 0 aliphatic carbocycles. The van der Waals surface area contributed by atoms with Crippen LogP contribution < -0.4 is 15.0 Å². The van der Waals surface area contributed by atoms with Gasteiger partial charge in [-0.05, 0) is 30.7 Å². The minimum absolute atomic E-state index is 0.0461. The first-order valence-electron chi connectivity index (χ1n) is 8.89. The maximum absolute atomic E-state index is 13.4. The van der Waals surface area contributed by atoms with Gasteiger partial charge >= 0.3 is 0 Å². The molecule has 0 bridgehead atoms. The highest BCUT2D eigenvalue weighted by Crippen LogP contribution is 2.56. The van der Waals surface area contributed by atoms with Crippen LogP contribution in [0.25, 0.3) is 0 Å². The number of nitrogens with one attached hydrogen (secondary N) is 1. The van der Waals surface area contributed by atoms with Crippen LogP contribution in [0.1, 0.15) is 12.8 Å². The zero-order valence-corrected chi connectivity index (χ0v) is 16.8. The molecule has 1 unspecified atom stereocenters. The number of thioether (sulfide) groups is 1. The van der Waals surface area contributed by atoms with Crippen LogP contribution in [-0.4, -0.2) is 37.0 Å². The van der Waals surface area contributed by atoms with Gasteiger partial charge in [-0.15, -0.1) is 0 Å².